The van der Waals surface area contributed by atoms with Crippen LogP contribution in [0.2, 0.25) is 0 Å². The Kier molecular flexibility index (Phi) is 4.70. The molecule has 0 unspecified atom stereocenters. The van der Waals surface area contributed by atoms with E-state index in [9.17, 15) is 4.39 Å². The summed E-state index contributed by atoms with van der Waals surface area (Å²) >= 11 is 0. The highest BCUT2D eigenvalue weighted by Crippen LogP contribution is 2.18. The molecular weight excluding hydrogens is 255 g/mol. The summed E-state index contributed by atoms with van der Waals surface area (Å²) in [7, 11) is 1.66. The van der Waals surface area contributed by atoms with Gasteiger partial charge in [0.2, 0.25) is 0 Å². The van der Waals surface area contributed by atoms with E-state index in [1.807, 2.05) is 30.3 Å². The molecule has 0 aliphatic heterocycles. The van der Waals surface area contributed by atoms with E-state index in [-0.39, 0.29) is 5.56 Å². The van der Waals surface area contributed by atoms with Crippen molar-refractivity contribution in [3.05, 3.63) is 65.0 Å². The lowest BCUT2D eigenvalue weighted by Crippen LogP contribution is -2.02. The first-order valence-electron chi connectivity index (χ1n) is 6.24. The van der Waals surface area contributed by atoms with Crippen molar-refractivity contribution in [1.82, 2.24) is 0 Å². The first-order chi connectivity index (χ1) is 9.74. The fourth-order valence-corrected chi connectivity index (χ4v) is 1.90. The summed E-state index contributed by atoms with van der Waals surface area (Å²) in [6.45, 7) is 1.11. The SMILES string of the molecule is COCc1ccc(CNc2cccc(F)c2C#N)cc1. The molecule has 0 saturated carbocycles. The number of methoxy groups -OCH3 is 1. The maximum atomic E-state index is 13.4. The van der Waals surface area contributed by atoms with Crippen LogP contribution in [0, 0.1) is 17.1 Å². The van der Waals surface area contributed by atoms with E-state index in [2.05, 4.69) is 5.32 Å². The smallest absolute Gasteiger partial charge is 0.143 e. The molecule has 0 aliphatic rings. The van der Waals surface area contributed by atoms with Crippen LogP contribution in [0.25, 0.3) is 0 Å². The molecule has 0 atom stereocenters. The monoisotopic (exact) mass is 270 g/mol. The van der Waals surface area contributed by atoms with Crippen LogP contribution in [0.4, 0.5) is 10.1 Å². The quantitative estimate of drug-likeness (QED) is 0.905. The topological polar surface area (TPSA) is 45.0 Å². The minimum atomic E-state index is -0.507. The van der Waals surface area contributed by atoms with Crippen LogP contribution in [-0.4, -0.2) is 7.11 Å². The molecule has 0 bridgehead atoms. The van der Waals surface area contributed by atoms with E-state index >= 15 is 0 Å². The van der Waals surface area contributed by atoms with Crippen molar-refractivity contribution in [3.63, 3.8) is 0 Å². The summed E-state index contributed by atoms with van der Waals surface area (Å²) in [4.78, 5) is 0. The van der Waals surface area contributed by atoms with E-state index in [4.69, 9.17) is 10.00 Å². The highest BCUT2D eigenvalue weighted by molar-refractivity contribution is 5.58. The third-order valence-electron chi connectivity index (χ3n) is 2.94. The average Bonchev–Trinajstić information content (AvgIpc) is 2.47. The van der Waals surface area contributed by atoms with E-state index in [0.29, 0.717) is 18.8 Å². The van der Waals surface area contributed by atoms with Gasteiger partial charge in [0, 0.05) is 13.7 Å². The average molecular weight is 270 g/mol. The Hall–Kier alpha value is -2.38. The second-order valence-electron chi connectivity index (χ2n) is 4.38. The summed E-state index contributed by atoms with van der Waals surface area (Å²) in [5.41, 5.74) is 2.70. The van der Waals surface area contributed by atoms with Crippen molar-refractivity contribution in [2.75, 3.05) is 12.4 Å². The fourth-order valence-electron chi connectivity index (χ4n) is 1.90. The Labute approximate surface area is 117 Å². The van der Waals surface area contributed by atoms with Gasteiger partial charge < -0.3 is 10.1 Å². The van der Waals surface area contributed by atoms with Gasteiger partial charge in [-0.15, -0.1) is 0 Å². The normalized spacial score (nSPS) is 10.1. The van der Waals surface area contributed by atoms with Gasteiger partial charge in [0.05, 0.1) is 12.3 Å². The number of hydrogen-bond acceptors (Lipinski definition) is 3. The number of nitrogens with zero attached hydrogens (tertiary/aromatic N) is 1. The van der Waals surface area contributed by atoms with Crippen LogP contribution >= 0.6 is 0 Å². The minimum Gasteiger partial charge on any atom is -0.380 e. The van der Waals surface area contributed by atoms with E-state index in [0.717, 1.165) is 11.1 Å². The highest BCUT2D eigenvalue weighted by Gasteiger charge is 2.06. The summed E-state index contributed by atoms with van der Waals surface area (Å²) < 4.78 is 18.5. The van der Waals surface area contributed by atoms with Crippen molar-refractivity contribution < 1.29 is 9.13 Å². The molecule has 2 rings (SSSR count). The number of nitriles is 1. The summed E-state index contributed by atoms with van der Waals surface area (Å²) in [5, 5.41) is 12.0. The molecule has 4 heteroatoms. The molecule has 0 fully saturated rings. The highest BCUT2D eigenvalue weighted by atomic mass is 19.1. The van der Waals surface area contributed by atoms with Crippen LogP contribution in [-0.2, 0) is 17.9 Å². The van der Waals surface area contributed by atoms with Gasteiger partial charge in [0.15, 0.2) is 0 Å². The first kappa shape index (κ1) is 14.0. The molecule has 1 N–H and O–H groups in total. The van der Waals surface area contributed by atoms with Gasteiger partial charge in [-0.1, -0.05) is 30.3 Å². The zero-order valence-corrected chi connectivity index (χ0v) is 11.2. The third kappa shape index (κ3) is 3.34. The fraction of sp³-hybridized carbons (Fsp3) is 0.188. The van der Waals surface area contributed by atoms with Crippen LogP contribution in [0.15, 0.2) is 42.5 Å². The van der Waals surface area contributed by atoms with Crippen LogP contribution in [0.1, 0.15) is 16.7 Å². The Morgan fingerprint density at radius 3 is 2.50 bits per heavy atom. The second kappa shape index (κ2) is 6.69. The van der Waals surface area contributed by atoms with Crippen molar-refractivity contribution >= 4 is 5.69 Å². The van der Waals surface area contributed by atoms with Crippen molar-refractivity contribution in [1.29, 1.82) is 5.26 Å². The number of benzene rings is 2. The standard InChI is InChI=1S/C16H15FN2O/c1-20-11-13-7-5-12(6-8-13)10-19-16-4-2-3-15(17)14(16)9-18/h2-8,19H,10-11H2,1H3. The summed E-state index contributed by atoms with van der Waals surface area (Å²) in [5.74, 6) is -0.507. The number of nitrogens with one attached hydrogen (secondary N) is 1. The van der Waals surface area contributed by atoms with Crippen LogP contribution in [0.5, 0.6) is 0 Å². The van der Waals surface area contributed by atoms with Crippen LogP contribution < -0.4 is 5.32 Å². The first-order valence-corrected chi connectivity index (χ1v) is 6.24. The number of ether oxygens (including phenoxy) is 1. The Morgan fingerprint density at radius 2 is 1.85 bits per heavy atom. The summed E-state index contributed by atoms with van der Waals surface area (Å²) in [6.07, 6.45) is 0. The molecule has 0 spiro atoms. The lowest BCUT2D eigenvalue weighted by molar-refractivity contribution is 0.185. The van der Waals surface area contributed by atoms with Gasteiger partial charge in [-0.3, -0.25) is 0 Å². The van der Waals surface area contributed by atoms with Gasteiger partial charge in [0.25, 0.3) is 0 Å². The van der Waals surface area contributed by atoms with Gasteiger partial charge >= 0.3 is 0 Å². The van der Waals surface area contributed by atoms with Crippen molar-refractivity contribution in [2.24, 2.45) is 0 Å². The molecule has 2 aromatic carbocycles. The maximum absolute atomic E-state index is 13.4. The molecule has 102 valence electrons. The lowest BCUT2D eigenvalue weighted by Gasteiger charge is -2.09. The van der Waals surface area contributed by atoms with Gasteiger partial charge in [-0.2, -0.15) is 5.26 Å². The van der Waals surface area contributed by atoms with Crippen molar-refractivity contribution in [3.8, 4) is 6.07 Å². The second-order valence-corrected chi connectivity index (χ2v) is 4.38. The molecule has 2 aromatic rings. The van der Waals surface area contributed by atoms with Crippen molar-refractivity contribution in [2.45, 2.75) is 13.2 Å². The van der Waals surface area contributed by atoms with E-state index < -0.39 is 5.82 Å². The number of hydrogen-bond donors (Lipinski definition) is 1. The van der Waals surface area contributed by atoms with E-state index in [1.165, 1.54) is 6.07 Å². The molecule has 0 aliphatic carbocycles. The molecular formula is C16H15FN2O. The zero-order valence-electron chi connectivity index (χ0n) is 11.2. The van der Waals surface area contributed by atoms with Crippen LogP contribution in [0.3, 0.4) is 0 Å². The predicted octanol–water partition coefficient (Wildman–Crippen LogP) is 3.46. The number of halogens is 1. The van der Waals surface area contributed by atoms with Gasteiger partial charge in [-0.25, -0.2) is 4.39 Å². The molecule has 0 saturated heterocycles. The summed E-state index contributed by atoms with van der Waals surface area (Å²) in [6, 6.07) is 14.4. The Bertz CT molecular complexity index is 617. The Morgan fingerprint density at radius 1 is 1.15 bits per heavy atom. The minimum absolute atomic E-state index is 0.0449. The maximum Gasteiger partial charge on any atom is 0.143 e. The lowest BCUT2D eigenvalue weighted by atomic mass is 10.1. The van der Waals surface area contributed by atoms with Gasteiger partial charge in [-0.05, 0) is 23.3 Å². The Balaban J connectivity index is 2.06. The largest absolute Gasteiger partial charge is 0.380 e. The van der Waals surface area contributed by atoms with Gasteiger partial charge in [0.1, 0.15) is 17.4 Å². The number of anilines is 1. The molecule has 0 aromatic heterocycles. The molecule has 20 heavy (non-hydrogen) atoms. The third-order valence-corrected chi connectivity index (χ3v) is 2.94. The molecule has 0 amide bonds. The predicted molar refractivity (Wildman–Crippen MR) is 75.6 cm³/mol. The zero-order chi connectivity index (χ0) is 14.4. The molecule has 0 heterocycles. The molecule has 0 radical (unpaired) electrons. The molecule has 3 nitrogen and oxygen atoms in total. The number of rotatable bonds is 5. The van der Waals surface area contributed by atoms with E-state index in [1.54, 1.807) is 19.2 Å².